The Labute approximate surface area is 187 Å². The second-order valence-electron chi connectivity index (χ2n) is 7.38. The van der Waals surface area contributed by atoms with Crippen molar-refractivity contribution >= 4 is 21.9 Å². The smallest absolute Gasteiger partial charge is 0.326 e. The number of aliphatic carboxylic acids is 1. The van der Waals surface area contributed by atoms with Gasteiger partial charge in [-0.2, -0.15) is 4.31 Å². The predicted molar refractivity (Wildman–Crippen MR) is 116 cm³/mol. The van der Waals surface area contributed by atoms with Gasteiger partial charge in [-0.05, 0) is 30.5 Å². The lowest BCUT2D eigenvalue weighted by atomic mass is 10.1. The van der Waals surface area contributed by atoms with Crippen molar-refractivity contribution in [1.29, 1.82) is 0 Å². The minimum Gasteiger partial charge on any atom is -0.493 e. The summed E-state index contributed by atoms with van der Waals surface area (Å²) in [6.07, 6.45) is 0.883. The van der Waals surface area contributed by atoms with Gasteiger partial charge in [-0.3, -0.25) is 4.79 Å². The van der Waals surface area contributed by atoms with Crippen molar-refractivity contribution in [2.24, 2.45) is 0 Å². The number of amides is 1. The number of carbonyl (C=O) groups excluding carboxylic acids is 1. The molecule has 0 radical (unpaired) electrons. The van der Waals surface area contributed by atoms with Crippen LogP contribution in [0.2, 0.25) is 0 Å². The van der Waals surface area contributed by atoms with E-state index in [2.05, 4.69) is 5.32 Å². The topological polar surface area (TPSA) is 122 Å². The lowest BCUT2D eigenvalue weighted by Gasteiger charge is -2.25. The average Bonchev–Trinajstić information content (AvgIpc) is 3.30. The van der Waals surface area contributed by atoms with Gasteiger partial charge < -0.3 is 19.9 Å². The molecule has 1 saturated heterocycles. The van der Waals surface area contributed by atoms with E-state index in [1.54, 1.807) is 24.3 Å². The Morgan fingerprint density at radius 3 is 2.44 bits per heavy atom. The van der Waals surface area contributed by atoms with Gasteiger partial charge in [0.25, 0.3) is 0 Å². The van der Waals surface area contributed by atoms with E-state index in [9.17, 15) is 23.1 Å². The molecule has 32 heavy (non-hydrogen) atoms. The fraction of sp³-hybridized carbons (Fsp3) is 0.364. The lowest BCUT2D eigenvalue weighted by molar-refractivity contribution is -0.142. The van der Waals surface area contributed by atoms with E-state index in [-0.39, 0.29) is 23.6 Å². The zero-order valence-electron chi connectivity index (χ0n) is 17.9. The van der Waals surface area contributed by atoms with Gasteiger partial charge >= 0.3 is 5.97 Å². The maximum atomic E-state index is 13.3. The van der Waals surface area contributed by atoms with Crippen molar-refractivity contribution in [3.8, 4) is 11.5 Å². The van der Waals surface area contributed by atoms with Gasteiger partial charge in [0.15, 0.2) is 11.5 Å². The summed E-state index contributed by atoms with van der Waals surface area (Å²) in [7, 11) is -1.17. The quantitative estimate of drug-likeness (QED) is 0.581. The molecule has 3 rings (SSSR count). The van der Waals surface area contributed by atoms with Crippen LogP contribution >= 0.6 is 0 Å². The molecule has 1 aliphatic heterocycles. The maximum absolute atomic E-state index is 13.3. The first-order valence-electron chi connectivity index (χ1n) is 10.1. The van der Waals surface area contributed by atoms with Crippen LogP contribution in [0.15, 0.2) is 53.4 Å². The molecule has 0 aliphatic carbocycles. The molecule has 1 fully saturated rings. The molecule has 9 nitrogen and oxygen atoms in total. The van der Waals surface area contributed by atoms with E-state index < -0.39 is 34.0 Å². The number of rotatable bonds is 9. The number of methoxy groups -OCH3 is 2. The zero-order chi connectivity index (χ0) is 23.3. The van der Waals surface area contributed by atoms with Crippen LogP contribution in [0.5, 0.6) is 11.5 Å². The number of carboxylic acid groups (broad SMARTS) is 1. The van der Waals surface area contributed by atoms with Crippen LogP contribution in [0.4, 0.5) is 0 Å². The minimum absolute atomic E-state index is 0.0334. The molecular weight excluding hydrogens is 436 g/mol. The minimum atomic E-state index is -4.02. The molecule has 0 unspecified atom stereocenters. The molecule has 0 aromatic heterocycles. The predicted octanol–water partition coefficient (Wildman–Crippen LogP) is 1.67. The maximum Gasteiger partial charge on any atom is 0.326 e. The third kappa shape index (κ3) is 5.03. The molecule has 0 saturated carbocycles. The number of hydrogen-bond acceptors (Lipinski definition) is 6. The third-order valence-electron chi connectivity index (χ3n) is 5.37. The molecule has 0 spiro atoms. The summed E-state index contributed by atoms with van der Waals surface area (Å²) in [6.45, 7) is 0.158. The van der Waals surface area contributed by atoms with Gasteiger partial charge in [0.1, 0.15) is 12.1 Å². The first-order valence-corrected chi connectivity index (χ1v) is 11.5. The molecular formula is C22H26N2O7S. The number of nitrogens with zero attached hydrogens (tertiary/aromatic N) is 1. The molecule has 10 heteroatoms. The van der Waals surface area contributed by atoms with Crippen molar-refractivity contribution in [2.45, 2.75) is 36.2 Å². The highest BCUT2D eigenvalue weighted by molar-refractivity contribution is 7.89. The molecule has 1 amide bonds. The van der Waals surface area contributed by atoms with Crippen molar-refractivity contribution in [1.82, 2.24) is 9.62 Å². The van der Waals surface area contributed by atoms with E-state index >= 15 is 0 Å². The lowest BCUT2D eigenvalue weighted by Crippen LogP contribution is -2.51. The van der Waals surface area contributed by atoms with Gasteiger partial charge in [0.05, 0.1) is 19.1 Å². The molecule has 2 aromatic rings. The first-order chi connectivity index (χ1) is 15.3. The average molecular weight is 463 g/mol. The number of hydrogen-bond donors (Lipinski definition) is 2. The zero-order valence-corrected chi connectivity index (χ0v) is 18.7. The molecule has 172 valence electrons. The summed E-state index contributed by atoms with van der Waals surface area (Å²) in [5, 5.41) is 12.1. The number of benzene rings is 2. The summed E-state index contributed by atoms with van der Waals surface area (Å²) in [5.41, 5.74) is 0.751. The van der Waals surface area contributed by atoms with Crippen molar-refractivity contribution in [3.63, 3.8) is 0 Å². The number of carboxylic acids is 1. The van der Waals surface area contributed by atoms with Crippen LogP contribution < -0.4 is 14.8 Å². The highest BCUT2D eigenvalue weighted by Gasteiger charge is 2.40. The van der Waals surface area contributed by atoms with Gasteiger partial charge in [0.2, 0.25) is 15.9 Å². The SMILES string of the molecule is COc1ccc(S(=O)(=O)N2CCC[C@H]2C(=O)N[C@@H](Cc2ccccc2)C(=O)O)cc1OC. The summed E-state index contributed by atoms with van der Waals surface area (Å²) in [4.78, 5) is 24.6. The highest BCUT2D eigenvalue weighted by Crippen LogP contribution is 2.33. The van der Waals surface area contributed by atoms with Crippen molar-refractivity contribution < 1.29 is 32.6 Å². The molecule has 1 heterocycles. The highest BCUT2D eigenvalue weighted by atomic mass is 32.2. The Morgan fingerprint density at radius 1 is 1.12 bits per heavy atom. The summed E-state index contributed by atoms with van der Waals surface area (Å²) < 4.78 is 38.0. The molecule has 2 N–H and O–H groups in total. The Morgan fingerprint density at radius 2 is 1.81 bits per heavy atom. The first kappa shape index (κ1) is 23.6. The van der Waals surface area contributed by atoms with Crippen LogP contribution in [0.3, 0.4) is 0 Å². The van der Waals surface area contributed by atoms with E-state index in [1.165, 1.54) is 32.4 Å². The Hall–Kier alpha value is -3.11. The van der Waals surface area contributed by atoms with E-state index in [0.717, 1.165) is 9.87 Å². The van der Waals surface area contributed by atoms with E-state index in [0.29, 0.717) is 18.6 Å². The van der Waals surface area contributed by atoms with Gasteiger partial charge in [-0.15, -0.1) is 0 Å². The Balaban J connectivity index is 1.80. The molecule has 0 bridgehead atoms. The van der Waals surface area contributed by atoms with Gasteiger partial charge in [-0.25, -0.2) is 13.2 Å². The van der Waals surface area contributed by atoms with Gasteiger partial charge in [0, 0.05) is 19.0 Å². The van der Waals surface area contributed by atoms with Crippen LogP contribution in [0.25, 0.3) is 0 Å². The Bertz CT molecular complexity index is 1070. The van der Waals surface area contributed by atoms with Crippen LogP contribution in [0, 0.1) is 0 Å². The standard InChI is InChI=1S/C22H26N2O7S/c1-30-19-11-10-16(14-20(19)31-2)32(28,29)24-12-6-9-18(24)21(25)23-17(22(26)27)13-15-7-4-3-5-8-15/h3-5,7-8,10-11,14,17-18H,6,9,12-13H2,1-2H3,(H,23,25)(H,26,27)/t17-,18-/m0/s1. The Kier molecular flexibility index (Phi) is 7.37. The second-order valence-corrected chi connectivity index (χ2v) is 9.27. The van der Waals surface area contributed by atoms with Crippen molar-refractivity contribution in [2.75, 3.05) is 20.8 Å². The number of nitrogens with one attached hydrogen (secondary N) is 1. The summed E-state index contributed by atoms with van der Waals surface area (Å²) in [5.74, 6) is -1.18. The normalized spacial score (nSPS) is 17.5. The van der Waals surface area contributed by atoms with E-state index in [4.69, 9.17) is 9.47 Å². The largest absolute Gasteiger partial charge is 0.493 e. The monoisotopic (exact) mass is 462 g/mol. The van der Waals surface area contributed by atoms with Crippen molar-refractivity contribution in [3.05, 3.63) is 54.1 Å². The molecule has 2 atom stereocenters. The fourth-order valence-electron chi connectivity index (χ4n) is 3.72. The summed E-state index contributed by atoms with van der Waals surface area (Å²) >= 11 is 0. The third-order valence-corrected chi connectivity index (χ3v) is 7.27. The molecule has 1 aliphatic rings. The number of ether oxygens (including phenoxy) is 2. The number of sulfonamides is 1. The van der Waals surface area contributed by atoms with Crippen LogP contribution in [-0.4, -0.2) is 62.6 Å². The second kappa shape index (κ2) is 10.0. The van der Waals surface area contributed by atoms with Crippen LogP contribution in [-0.2, 0) is 26.0 Å². The summed E-state index contributed by atoms with van der Waals surface area (Å²) in [6, 6.07) is 11.0. The fourth-order valence-corrected chi connectivity index (χ4v) is 5.39. The van der Waals surface area contributed by atoms with E-state index in [1.807, 2.05) is 6.07 Å². The van der Waals surface area contributed by atoms with Crippen LogP contribution in [0.1, 0.15) is 18.4 Å². The molecule has 2 aromatic carbocycles. The van der Waals surface area contributed by atoms with Gasteiger partial charge in [-0.1, -0.05) is 30.3 Å². The number of carbonyl (C=O) groups is 2.